The number of nitrogens with zero attached hydrogens (tertiary/aromatic N) is 1. The summed E-state index contributed by atoms with van der Waals surface area (Å²) in [7, 11) is 1.64. The van der Waals surface area contributed by atoms with E-state index in [1.54, 1.807) is 7.05 Å². The molecule has 0 radical (unpaired) electrons. The van der Waals surface area contributed by atoms with E-state index in [-0.39, 0.29) is 0 Å². The third-order valence-electron chi connectivity index (χ3n) is 0.333. The van der Waals surface area contributed by atoms with Crippen molar-refractivity contribution in [3.05, 3.63) is 12.2 Å². The molecule has 0 aliphatic carbocycles. The van der Waals surface area contributed by atoms with Gasteiger partial charge in [-0.15, -0.1) is 0 Å². The first-order valence-corrected chi connectivity index (χ1v) is 2.25. The predicted octanol–water partition coefficient (Wildman–Crippen LogP) is 1.90. The van der Waals surface area contributed by atoms with Gasteiger partial charge in [0.15, 0.2) is 0 Å². The first-order valence-electron chi connectivity index (χ1n) is 2.25. The van der Waals surface area contributed by atoms with Gasteiger partial charge in [0.25, 0.3) is 0 Å². The Labute approximate surface area is 45.8 Å². The van der Waals surface area contributed by atoms with E-state index in [0.717, 1.165) is 0 Å². The SMILES string of the molecule is C/C=C/C.C=NC. The Kier molecular flexibility index (Phi) is 25.0. The molecule has 0 rings (SSSR count). The Bertz CT molecular complexity index is 42.1. The summed E-state index contributed by atoms with van der Waals surface area (Å²) in [4.78, 5) is 3.25. The molecule has 0 aromatic rings. The average Bonchev–Trinajstić information content (AvgIpc) is 1.69. The van der Waals surface area contributed by atoms with Gasteiger partial charge in [-0.25, -0.2) is 0 Å². The quantitative estimate of drug-likeness (QED) is 0.325. The zero-order valence-electron chi connectivity index (χ0n) is 5.31. The Morgan fingerprint density at radius 1 is 1.29 bits per heavy atom. The highest BCUT2D eigenvalue weighted by Gasteiger charge is 1.34. The van der Waals surface area contributed by atoms with Crippen LogP contribution in [0.5, 0.6) is 0 Å². The van der Waals surface area contributed by atoms with E-state index in [4.69, 9.17) is 0 Å². The summed E-state index contributed by atoms with van der Waals surface area (Å²) < 4.78 is 0. The standard InChI is InChI=1S/C4H8.C2H5N/c1-3-4-2;1-3-2/h3-4H,1-2H3;1H2,2H3/b4-3+;. The lowest BCUT2D eigenvalue weighted by molar-refractivity contribution is 1.49. The van der Waals surface area contributed by atoms with Crippen LogP contribution in [0.4, 0.5) is 0 Å². The van der Waals surface area contributed by atoms with Crippen molar-refractivity contribution in [1.29, 1.82) is 0 Å². The van der Waals surface area contributed by atoms with E-state index in [0.29, 0.717) is 0 Å². The van der Waals surface area contributed by atoms with Crippen LogP contribution in [0.15, 0.2) is 17.1 Å². The Balaban J connectivity index is 0. The van der Waals surface area contributed by atoms with E-state index in [1.165, 1.54) is 0 Å². The molecule has 0 aromatic heterocycles. The van der Waals surface area contributed by atoms with Gasteiger partial charge in [0.2, 0.25) is 0 Å². The second kappa shape index (κ2) is 18.1. The van der Waals surface area contributed by atoms with Crippen molar-refractivity contribution in [2.75, 3.05) is 7.05 Å². The number of allylic oxidation sites excluding steroid dienone is 2. The minimum Gasteiger partial charge on any atom is -0.304 e. The summed E-state index contributed by atoms with van der Waals surface area (Å²) in [5, 5.41) is 0. The van der Waals surface area contributed by atoms with E-state index >= 15 is 0 Å². The van der Waals surface area contributed by atoms with Crippen LogP contribution in [-0.2, 0) is 0 Å². The minimum absolute atomic E-state index is 1.64. The summed E-state index contributed by atoms with van der Waals surface area (Å²) in [6.45, 7) is 7.11. The molecule has 0 aliphatic heterocycles. The monoisotopic (exact) mass is 99.1 g/mol. The Hall–Kier alpha value is -0.590. The van der Waals surface area contributed by atoms with Crippen LogP contribution in [0.25, 0.3) is 0 Å². The lowest BCUT2D eigenvalue weighted by Gasteiger charge is -1.49. The maximum Gasteiger partial charge on any atom is 0.0269 e. The average molecular weight is 99.2 g/mol. The summed E-state index contributed by atoms with van der Waals surface area (Å²) in [5.74, 6) is 0. The first kappa shape index (κ1) is 9.65. The summed E-state index contributed by atoms with van der Waals surface area (Å²) in [6.07, 6.45) is 4.00. The molecule has 0 fully saturated rings. The fourth-order valence-corrected chi connectivity index (χ4v) is 0. The van der Waals surface area contributed by atoms with Crippen LogP contribution < -0.4 is 0 Å². The van der Waals surface area contributed by atoms with Crippen molar-refractivity contribution in [3.8, 4) is 0 Å². The van der Waals surface area contributed by atoms with Gasteiger partial charge in [-0.05, 0) is 20.6 Å². The molecule has 0 aliphatic rings. The molecular weight excluding hydrogens is 86.1 g/mol. The van der Waals surface area contributed by atoms with E-state index in [9.17, 15) is 0 Å². The minimum atomic E-state index is 1.64. The molecule has 0 atom stereocenters. The Morgan fingerprint density at radius 3 is 1.43 bits per heavy atom. The van der Waals surface area contributed by atoms with Crippen LogP contribution in [-0.4, -0.2) is 13.8 Å². The highest BCUT2D eigenvalue weighted by atomic mass is 14.6. The van der Waals surface area contributed by atoms with Crippen LogP contribution in [0.2, 0.25) is 0 Å². The normalized spacial score (nSPS) is 7.29. The molecule has 1 heteroatoms. The van der Waals surface area contributed by atoms with Crippen molar-refractivity contribution in [2.45, 2.75) is 13.8 Å². The van der Waals surface area contributed by atoms with Gasteiger partial charge < -0.3 is 4.99 Å². The molecule has 0 amide bonds. The highest BCUT2D eigenvalue weighted by molar-refractivity contribution is 5.22. The molecule has 0 saturated heterocycles. The molecule has 0 saturated carbocycles. The maximum atomic E-state index is 3.25. The van der Waals surface area contributed by atoms with Crippen LogP contribution in [0.1, 0.15) is 13.8 Å². The number of rotatable bonds is 0. The van der Waals surface area contributed by atoms with Gasteiger partial charge in [0.1, 0.15) is 0 Å². The molecule has 7 heavy (non-hydrogen) atoms. The maximum absolute atomic E-state index is 3.25. The predicted molar refractivity (Wildman–Crippen MR) is 36.0 cm³/mol. The molecular formula is C6H13N. The summed E-state index contributed by atoms with van der Waals surface area (Å²) in [5.41, 5.74) is 0. The second-order valence-corrected chi connectivity index (χ2v) is 0.983. The van der Waals surface area contributed by atoms with Crippen molar-refractivity contribution < 1.29 is 0 Å². The molecule has 42 valence electrons. The van der Waals surface area contributed by atoms with Crippen molar-refractivity contribution in [2.24, 2.45) is 4.99 Å². The van der Waals surface area contributed by atoms with Gasteiger partial charge in [-0.1, -0.05) is 12.2 Å². The van der Waals surface area contributed by atoms with Crippen molar-refractivity contribution in [3.63, 3.8) is 0 Å². The fourth-order valence-electron chi connectivity index (χ4n) is 0. The lowest BCUT2D eigenvalue weighted by Crippen LogP contribution is -1.26. The zero-order valence-corrected chi connectivity index (χ0v) is 5.31. The topological polar surface area (TPSA) is 12.4 Å². The Morgan fingerprint density at radius 2 is 1.43 bits per heavy atom. The smallest absolute Gasteiger partial charge is 0.0269 e. The van der Waals surface area contributed by atoms with Gasteiger partial charge in [0, 0.05) is 7.05 Å². The molecule has 0 heterocycles. The van der Waals surface area contributed by atoms with Crippen LogP contribution in [0.3, 0.4) is 0 Å². The highest BCUT2D eigenvalue weighted by Crippen LogP contribution is 1.57. The second-order valence-electron chi connectivity index (χ2n) is 0.983. The molecule has 0 aromatic carbocycles. The third kappa shape index (κ3) is 374. The van der Waals surface area contributed by atoms with Gasteiger partial charge in [0.05, 0.1) is 0 Å². The molecule has 1 nitrogen and oxygen atoms in total. The van der Waals surface area contributed by atoms with Crippen molar-refractivity contribution in [1.82, 2.24) is 0 Å². The molecule has 0 unspecified atom stereocenters. The summed E-state index contributed by atoms with van der Waals surface area (Å²) >= 11 is 0. The van der Waals surface area contributed by atoms with E-state index in [2.05, 4.69) is 11.7 Å². The van der Waals surface area contributed by atoms with Crippen LogP contribution in [0, 0.1) is 0 Å². The molecule has 0 bridgehead atoms. The zero-order chi connectivity index (χ0) is 6.12. The van der Waals surface area contributed by atoms with E-state index < -0.39 is 0 Å². The fraction of sp³-hybridized carbons (Fsp3) is 0.500. The lowest BCUT2D eigenvalue weighted by atomic mass is 10.6. The van der Waals surface area contributed by atoms with Gasteiger partial charge in [-0.2, -0.15) is 0 Å². The van der Waals surface area contributed by atoms with Crippen LogP contribution >= 0.6 is 0 Å². The molecule has 0 spiro atoms. The number of hydrogen-bond acceptors (Lipinski definition) is 1. The first-order chi connectivity index (χ1) is 3.33. The van der Waals surface area contributed by atoms with Crippen molar-refractivity contribution >= 4 is 6.72 Å². The largest absolute Gasteiger partial charge is 0.304 e. The molecule has 0 N–H and O–H groups in total. The van der Waals surface area contributed by atoms with Gasteiger partial charge in [-0.3, -0.25) is 0 Å². The van der Waals surface area contributed by atoms with Gasteiger partial charge >= 0.3 is 0 Å². The summed E-state index contributed by atoms with van der Waals surface area (Å²) in [6, 6.07) is 0. The van der Waals surface area contributed by atoms with E-state index in [1.807, 2.05) is 26.0 Å². The number of hydrogen-bond donors (Lipinski definition) is 0. The number of aliphatic imine (C=N–C) groups is 1. The third-order valence-corrected chi connectivity index (χ3v) is 0.333.